The van der Waals surface area contributed by atoms with Crippen LogP contribution in [0.3, 0.4) is 0 Å². The highest BCUT2D eigenvalue weighted by molar-refractivity contribution is 5.93. The average molecular weight is 348 g/mol. The maximum absolute atomic E-state index is 4.67. The van der Waals surface area contributed by atoms with Crippen molar-refractivity contribution in [3.05, 3.63) is 48.3 Å². The summed E-state index contributed by atoms with van der Waals surface area (Å²) in [6, 6.07) is 10.5. The van der Waals surface area contributed by atoms with Gasteiger partial charge < -0.3 is 14.7 Å². The first kappa shape index (κ1) is 16.6. The van der Waals surface area contributed by atoms with Gasteiger partial charge in [0.25, 0.3) is 0 Å². The third-order valence-electron chi connectivity index (χ3n) is 4.92. The first-order valence-corrected chi connectivity index (χ1v) is 8.98. The molecule has 0 saturated carbocycles. The minimum Gasteiger partial charge on any atom is -0.367 e. The molecule has 0 radical (unpaired) electrons. The fourth-order valence-corrected chi connectivity index (χ4v) is 3.49. The zero-order valence-electron chi connectivity index (χ0n) is 15.6. The molecular formula is C20H24N6. The summed E-state index contributed by atoms with van der Waals surface area (Å²) in [5.74, 6) is 1.75. The van der Waals surface area contributed by atoms with E-state index in [1.807, 2.05) is 37.5 Å². The summed E-state index contributed by atoms with van der Waals surface area (Å²) in [5.41, 5.74) is 3.59. The summed E-state index contributed by atoms with van der Waals surface area (Å²) in [6.45, 7) is 5.94. The van der Waals surface area contributed by atoms with Gasteiger partial charge in [0.15, 0.2) is 0 Å². The Morgan fingerprint density at radius 1 is 0.885 bits per heavy atom. The topological polar surface area (TPSA) is 48.4 Å². The highest BCUT2D eigenvalue weighted by Crippen LogP contribution is 2.28. The number of aromatic nitrogens is 3. The van der Waals surface area contributed by atoms with Gasteiger partial charge in [0.1, 0.15) is 5.82 Å². The van der Waals surface area contributed by atoms with Gasteiger partial charge in [-0.05, 0) is 24.6 Å². The van der Waals surface area contributed by atoms with Crippen LogP contribution in [0.1, 0.15) is 5.56 Å². The summed E-state index contributed by atoms with van der Waals surface area (Å²) in [7, 11) is 3.93. The molecule has 6 nitrogen and oxygen atoms in total. The van der Waals surface area contributed by atoms with Crippen LogP contribution < -0.4 is 14.7 Å². The normalized spacial score (nSPS) is 14.7. The molecule has 0 atom stereocenters. The second-order valence-electron chi connectivity index (χ2n) is 6.88. The van der Waals surface area contributed by atoms with Gasteiger partial charge in [0.05, 0.1) is 5.52 Å². The molecule has 134 valence electrons. The van der Waals surface area contributed by atoms with E-state index >= 15 is 0 Å². The summed E-state index contributed by atoms with van der Waals surface area (Å²) in [4.78, 5) is 20.3. The Morgan fingerprint density at radius 3 is 2.38 bits per heavy atom. The molecule has 6 heteroatoms. The minimum atomic E-state index is 0.750. The lowest BCUT2D eigenvalue weighted by Gasteiger charge is -2.37. The number of aryl methyl sites for hydroxylation is 1. The SMILES string of the molecule is Cc1cccc2c(N3CCN(c4ccnc(N(C)C)n4)CC3)ccnc12. The standard InChI is InChI=1S/C20H24N6/c1-15-5-4-6-16-17(7-9-21-19(15)16)25-11-13-26(14-12-25)18-8-10-22-20(23-18)24(2)3/h4-10H,11-14H2,1-3H3. The summed E-state index contributed by atoms with van der Waals surface area (Å²) < 4.78 is 0. The Hall–Kier alpha value is -2.89. The van der Waals surface area contributed by atoms with Crippen molar-refractivity contribution < 1.29 is 0 Å². The van der Waals surface area contributed by atoms with Gasteiger partial charge in [-0.1, -0.05) is 18.2 Å². The molecule has 0 spiro atoms. The molecule has 0 N–H and O–H groups in total. The molecule has 1 aliphatic rings. The van der Waals surface area contributed by atoms with Gasteiger partial charge >= 0.3 is 0 Å². The van der Waals surface area contributed by atoms with Crippen molar-refractivity contribution in [2.75, 3.05) is 55.0 Å². The van der Waals surface area contributed by atoms with E-state index in [-0.39, 0.29) is 0 Å². The summed E-state index contributed by atoms with van der Waals surface area (Å²) in [6.07, 6.45) is 3.76. The van der Waals surface area contributed by atoms with Crippen LogP contribution in [0.4, 0.5) is 17.5 Å². The number of rotatable bonds is 3. The number of pyridine rings is 1. The van der Waals surface area contributed by atoms with Crippen molar-refractivity contribution >= 4 is 28.4 Å². The number of hydrogen-bond donors (Lipinski definition) is 0. The molecule has 3 heterocycles. The first-order valence-electron chi connectivity index (χ1n) is 8.98. The third kappa shape index (κ3) is 3.03. The number of fused-ring (bicyclic) bond motifs is 1. The maximum atomic E-state index is 4.67. The van der Waals surface area contributed by atoms with E-state index in [0.29, 0.717) is 0 Å². The van der Waals surface area contributed by atoms with Gasteiger partial charge in [0, 0.05) is 63.7 Å². The van der Waals surface area contributed by atoms with Crippen LogP contribution in [0, 0.1) is 6.92 Å². The molecule has 0 unspecified atom stereocenters. The van der Waals surface area contributed by atoms with Gasteiger partial charge in [-0.2, -0.15) is 4.98 Å². The zero-order valence-corrected chi connectivity index (χ0v) is 15.6. The Morgan fingerprint density at radius 2 is 1.62 bits per heavy atom. The highest BCUT2D eigenvalue weighted by atomic mass is 15.3. The molecule has 1 saturated heterocycles. The molecule has 2 aromatic heterocycles. The molecule has 4 rings (SSSR count). The molecule has 1 aliphatic heterocycles. The second kappa shape index (κ2) is 6.78. The van der Waals surface area contributed by atoms with Crippen molar-refractivity contribution in [2.24, 2.45) is 0 Å². The minimum absolute atomic E-state index is 0.750. The largest absolute Gasteiger partial charge is 0.367 e. The predicted octanol–water partition coefficient (Wildman–Crippen LogP) is 2.73. The summed E-state index contributed by atoms with van der Waals surface area (Å²) >= 11 is 0. The first-order chi connectivity index (χ1) is 12.6. The number of para-hydroxylation sites is 1. The monoisotopic (exact) mass is 348 g/mol. The second-order valence-corrected chi connectivity index (χ2v) is 6.88. The Labute approximate surface area is 154 Å². The lowest BCUT2D eigenvalue weighted by atomic mass is 10.1. The quantitative estimate of drug-likeness (QED) is 0.725. The molecule has 3 aromatic rings. The molecule has 1 aromatic carbocycles. The van der Waals surface area contributed by atoms with Crippen LogP contribution in [0.15, 0.2) is 42.7 Å². The number of anilines is 3. The molecule has 26 heavy (non-hydrogen) atoms. The van der Waals surface area contributed by atoms with Crippen LogP contribution in [0.25, 0.3) is 10.9 Å². The van der Waals surface area contributed by atoms with E-state index in [0.717, 1.165) is 43.5 Å². The molecule has 0 amide bonds. The van der Waals surface area contributed by atoms with E-state index in [9.17, 15) is 0 Å². The van der Waals surface area contributed by atoms with Crippen LogP contribution in [0.5, 0.6) is 0 Å². The van der Waals surface area contributed by atoms with E-state index in [1.165, 1.54) is 16.6 Å². The Balaban J connectivity index is 1.54. The van der Waals surface area contributed by atoms with Gasteiger partial charge in [-0.15, -0.1) is 0 Å². The lowest BCUT2D eigenvalue weighted by molar-refractivity contribution is 0.648. The Bertz CT molecular complexity index is 915. The zero-order chi connectivity index (χ0) is 18.1. The third-order valence-corrected chi connectivity index (χ3v) is 4.92. The Kier molecular flexibility index (Phi) is 4.32. The van der Waals surface area contributed by atoms with Crippen LogP contribution >= 0.6 is 0 Å². The predicted molar refractivity (Wildman–Crippen MR) is 107 cm³/mol. The molecule has 1 fully saturated rings. The van der Waals surface area contributed by atoms with E-state index in [2.05, 4.69) is 55.9 Å². The fourth-order valence-electron chi connectivity index (χ4n) is 3.49. The van der Waals surface area contributed by atoms with Gasteiger partial charge in [0.2, 0.25) is 5.95 Å². The van der Waals surface area contributed by atoms with Crippen LogP contribution in [-0.4, -0.2) is 55.2 Å². The van der Waals surface area contributed by atoms with Crippen molar-refractivity contribution in [2.45, 2.75) is 6.92 Å². The van der Waals surface area contributed by atoms with Crippen molar-refractivity contribution in [3.8, 4) is 0 Å². The molecule has 0 aliphatic carbocycles. The summed E-state index contributed by atoms with van der Waals surface area (Å²) in [5, 5.41) is 1.23. The van der Waals surface area contributed by atoms with Gasteiger partial charge in [-0.25, -0.2) is 4.98 Å². The lowest BCUT2D eigenvalue weighted by Crippen LogP contribution is -2.47. The van der Waals surface area contributed by atoms with Gasteiger partial charge in [-0.3, -0.25) is 4.98 Å². The maximum Gasteiger partial charge on any atom is 0.226 e. The smallest absolute Gasteiger partial charge is 0.226 e. The van der Waals surface area contributed by atoms with Crippen LogP contribution in [0.2, 0.25) is 0 Å². The van der Waals surface area contributed by atoms with Crippen molar-refractivity contribution in [1.82, 2.24) is 15.0 Å². The average Bonchev–Trinajstić information content (AvgIpc) is 2.68. The van der Waals surface area contributed by atoms with Crippen LogP contribution in [-0.2, 0) is 0 Å². The number of hydrogen-bond acceptors (Lipinski definition) is 6. The molecular weight excluding hydrogens is 324 g/mol. The van der Waals surface area contributed by atoms with Crippen molar-refractivity contribution in [1.29, 1.82) is 0 Å². The number of benzene rings is 1. The highest BCUT2D eigenvalue weighted by Gasteiger charge is 2.20. The fraction of sp³-hybridized carbons (Fsp3) is 0.350. The van der Waals surface area contributed by atoms with E-state index in [1.54, 1.807) is 0 Å². The van der Waals surface area contributed by atoms with Crippen molar-refractivity contribution in [3.63, 3.8) is 0 Å². The van der Waals surface area contributed by atoms with E-state index in [4.69, 9.17) is 0 Å². The number of piperazine rings is 1. The molecule has 0 bridgehead atoms. The van der Waals surface area contributed by atoms with E-state index < -0.39 is 0 Å². The number of nitrogens with zero attached hydrogens (tertiary/aromatic N) is 6.